The van der Waals surface area contributed by atoms with Gasteiger partial charge in [-0.05, 0) is 0 Å². The van der Waals surface area contributed by atoms with Crippen molar-refractivity contribution in [3.8, 4) is 0 Å². The molecule has 21 heavy (non-hydrogen) atoms. The summed E-state index contributed by atoms with van der Waals surface area (Å²) < 4.78 is 9.67. The average molecular weight is 314 g/mol. The molecule has 0 radical (unpaired) electrons. The van der Waals surface area contributed by atoms with E-state index in [4.69, 9.17) is 4.52 Å². The van der Waals surface area contributed by atoms with Crippen LogP contribution in [0.15, 0.2) is 10.6 Å². The molecule has 7 heteroatoms. The van der Waals surface area contributed by atoms with E-state index in [2.05, 4.69) is 15.2 Å². The fourth-order valence-electron chi connectivity index (χ4n) is 1.46. The first-order chi connectivity index (χ1) is 9.72. The normalized spacial score (nSPS) is 12.8. The summed E-state index contributed by atoms with van der Waals surface area (Å²) >= 11 is 1.38. The molecule has 0 bridgehead atoms. The number of amides is 1. The maximum Gasteiger partial charge on any atom is 0.306 e. The van der Waals surface area contributed by atoms with Crippen LogP contribution in [0.5, 0.6) is 0 Å². The SMILES string of the molecule is COC(=O)CC(C)SCC(=O)Nc1cc(C(C)(C)C)no1. The van der Waals surface area contributed by atoms with Crippen LogP contribution in [0.1, 0.15) is 39.8 Å². The lowest BCUT2D eigenvalue weighted by Gasteiger charge is -2.12. The van der Waals surface area contributed by atoms with Gasteiger partial charge in [-0.2, -0.15) is 0 Å². The Hall–Kier alpha value is -1.50. The molecular formula is C14H22N2O4S. The van der Waals surface area contributed by atoms with E-state index in [9.17, 15) is 9.59 Å². The van der Waals surface area contributed by atoms with Crippen LogP contribution in [0, 0.1) is 0 Å². The second-order valence-corrected chi connectivity index (χ2v) is 7.20. The van der Waals surface area contributed by atoms with Crippen molar-refractivity contribution < 1.29 is 18.8 Å². The number of aromatic nitrogens is 1. The number of methoxy groups -OCH3 is 1. The molecule has 1 heterocycles. The van der Waals surface area contributed by atoms with Crippen LogP contribution in [0.2, 0.25) is 0 Å². The number of ether oxygens (including phenoxy) is 1. The van der Waals surface area contributed by atoms with Gasteiger partial charge in [-0.1, -0.05) is 32.9 Å². The fraction of sp³-hybridized carbons (Fsp3) is 0.643. The number of hydrogen-bond donors (Lipinski definition) is 1. The van der Waals surface area contributed by atoms with Crippen molar-refractivity contribution in [2.45, 2.75) is 44.8 Å². The zero-order valence-corrected chi connectivity index (χ0v) is 13.9. The van der Waals surface area contributed by atoms with Crippen molar-refractivity contribution in [1.29, 1.82) is 0 Å². The number of nitrogens with one attached hydrogen (secondary N) is 1. The Bertz CT molecular complexity index is 493. The van der Waals surface area contributed by atoms with E-state index in [1.54, 1.807) is 6.07 Å². The third kappa shape index (κ3) is 6.20. The standard InChI is InChI=1S/C14H22N2O4S/c1-9(6-13(18)19-5)21-8-11(17)15-12-7-10(16-20-12)14(2,3)4/h7,9H,6,8H2,1-5H3,(H,15,17). The van der Waals surface area contributed by atoms with Gasteiger partial charge in [-0.3, -0.25) is 14.9 Å². The number of carbonyl (C=O) groups excluding carboxylic acids is 2. The van der Waals surface area contributed by atoms with Gasteiger partial charge < -0.3 is 9.26 Å². The number of thioether (sulfide) groups is 1. The third-order valence-corrected chi connectivity index (χ3v) is 3.89. The highest BCUT2D eigenvalue weighted by Gasteiger charge is 2.20. The van der Waals surface area contributed by atoms with Crippen molar-refractivity contribution >= 4 is 29.5 Å². The molecule has 0 spiro atoms. The Kier molecular flexibility index (Phi) is 6.26. The smallest absolute Gasteiger partial charge is 0.306 e. The Labute approximate surface area is 129 Å². The molecule has 1 aromatic rings. The van der Waals surface area contributed by atoms with E-state index in [1.807, 2.05) is 27.7 Å². The first kappa shape index (κ1) is 17.6. The summed E-state index contributed by atoms with van der Waals surface area (Å²) in [6, 6.07) is 1.72. The van der Waals surface area contributed by atoms with Crippen molar-refractivity contribution in [1.82, 2.24) is 5.16 Å². The fourth-order valence-corrected chi connectivity index (χ4v) is 2.22. The van der Waals surface area contributed by atoms with Gasteiger partial charge in [0.15, 0.2) is 0 Å². The number of nitrogens with zero attached hydrogens (tertiary/aromatic N) is 1. The van der Waals surface area contributed by atoms with E-state index in [0.717, 1.165) is 5.69 Å². The lowest BCUT2D eigenvalue weighted by atomic mass is 9.92. The summed E-state index contributed by atoms with van der Waals surface area (Å²) in [7, 11) is 1.35. The number of rotatable bonds is 6. The van der Waals surface area contributed by atoms with Crippen molar-refractivity contribution in [2.24, 2.45) is 0 Å². The van der Waals surface area contributed by atoms with Crippen molar-refractivity contribution in [2.75, 3.05) is 18.2 Å². The van der Waals surface area contributed by atoms with E-state index >= 15 is 0 Å². The largest absolute Gasteiger partial charge is 0.469 e. The second kappa shape index (κ2) is 7.49. The number of esters is 1. The van der Waals surface area contributed by atoms with Gasteiger partial charge >= 0.3 is 5.97 Å². The molecule has 6 nitrogen and oxygen atoms in total. The van der Waals surface area contributed by atoms with Crippen molar-refractivity contribution in [3.05, 3.63) is 11.8 Å². The zero-order valence-electron chi connectivity index (χ0n) is 13.1. The molecule has 0 aliphatic rings. The van der Waals surface area contributed by atoms with Gasteiger partial charge in [0, 0.05) is 16.7 Å². The van der Waals surface area contributed by atoms with Crippen LogP contribution < -0.4 is 5.32 Å². The molecule has 1 N–H and O–H groups in total. The van der Waals surface area contributed by atoms with Crippen molar-refractivity contribution in [3.63, 3.8) is 0 Å². The first-order valence-corrected chi connectivity index (χ1v) is 7.72. The Morgan fingerprint density at radius 2 is 2.14 bits per heavy atom. The van der Waals surface area contributed by atoms with Crippen LogP contribution in [0.3, 0.4) is 0 Å². The second-order valence-electron chi connectivity index (χ2n) is 5.78. The monoisotopic (exact) mass is 314 g/mol. The van der Waals surface area contributed by atoms with Gasteiger partial charge in [0.25, 0.3) is 0 Å². The molecule has 0 aliphatic carbocycles. The van der Waals surface area contributed by atoms with Gasteiger partial charge in [0.1, 0.15) is 0 Å². The topological polar surface area (TPSA) is 81.4 Å². The maximum absolute atomic E-state index is 11.8. The van der Waals surface area contributed by atoms with Gasteiger partial charge in [0.05, 0.1) is 25.0 Å². The molecule has 118 valence electrons. The lowest BCUT2D eigenvalue weighted by molar-refractivity contribution is -0.140. The third-order valence-electron chi connectivity index (χ3n) is 2.72. The summed E-state index contributed by atoms with van der Waals surface area (Å²) in [4.78, 5) is 22.9. The van der Waals surface area contributed by atoms with Gasteiger partial charge in [0.2, 0.25) is 11.8 Å². The van der Waals surface area contributed by atoms with Gasteiger partial charge in [-0.15, -0.1) is 11.8 Å². The molecule has 0 aliphatic heterocycles. The Morgan fingerprint density at radius 1 is 1.48 bits per heavy atom. The minimum absolute atomic E-state index is 0.0167. The van der Waals surface area contributed by atoms with Crippen LogP contribution in [-0.2, 0) is 19.7 Å². The summed E-state index contributed by atoms with van der Waals surface area (Å²) in [6.07, 6.45) is 0.283. The van der Waals surface area contributed by atoms with Gasteiger partial charge in [-0.25, -0.2) is 0 Å². The molecular weight excluding hydrogens is 292 g/mol. The molecule has 1 amide bonds. The quantitative estimate of drug-likeness (QED) is 0.813. The molecule has 0 saturated carbocycles. The first-order valence-electron chi connectivity index (χ1n) is 6.68. The maximum atomic E-state index is 11.8. The highest BCUT2D eigenvalue weighted by Crippen LogP contribution is 2.23. The molecule has 0 fully saturated rings. The Morgan fingerprint density at radius 3 is 2.67 bits per heavy atom. The minimum Gasteiger partial charge on any atom is -0.469 e. The molecule has 0 aromatic carbocycles. The predicted molar refractivity (Wildman–Crippen MR) is 82.4 cm³/mol. The summed E-state index contributed by atoms with van der Waals surface area (Å²) in [5.41, 5.74) is 0.653. The number of anilines is 1. The number of hydrogen-bond acceptors (Lipinski definition) is 6. The molecule has 1 atom stereocenters. The number of carbonyl (C=O) groups is 2. The zero-order chi connectivity index (χ0) is 16.0. The average Bonchev–Trinajstić information content (AvgIpc) is 2.84. The molecule has 1 rings (SSSR count). The van der Waals surface area contributed by atoms with Crippen LogP contribution >= 0.6 is 11.8 Å². The highest BCUT2D eigenvalue weighted by atomic mass is 32.2. The van der Waals surface area contributed by atoms with Crippen LogP contribution in [0.4, 0.5) is 5.88 Å². The van der Waals surface area contributed by atoms with Crippen LogP contribution in [0.25, 0.3) is 0 Å². The van der Waals surface area contributed by atoms with Crippen LogP contribution in [-0.4, -0.2) is 35.1 Å². The molecule has 1 aromatic heterocycles. The highest BCUT2D eigenvalue weighted by molar-refractivity contribution is 8.00. The predicted octanol–water partition coefficient (Wildman–Crippen LogP) is 2.60. The van der Waals surface area contributed by atoms with E-state index in [-0.39, 0.29) is 34.7 Å². The van der Waals surface area contributed by atoms with E-state index in [1.165, 1.54) is 18.9 Å². The van der Waals surface area contributed by atoms with E-state index < -0.39 is 0 Å². The summed E-state index contributed by atoms with van der Waals surface area (Å²) in [5, 5.41) is 6.60. The summed E-state index contributed by atoms with van der Waals surface area (Å²) in [6.45, 7) is 7.92. The summed E-state index contributed by atoms with van der Waals surface area (Å²) in [5.74, 6) is 0.115. The Balaban J connectivity index is 2.40. The minimum atomic E-state index is -0.277. The molecule has 1 unspecified atom stereocenters. The van der Waals surface area contributed by atoms with E-state index in [0.29, 0.717) is 5.88 Å². The molecule has 0 saturated heterocycles. The lowest BCUT2D eigenvalue weighted by Crippen LogP contribution is -2.17.